The van der Waals surface area contributed by atoms with Crippen LogP contribution in [0.25, 0.3) is 0 Å². The highest BCUT2D eigenvalue weighted by molar-refractivity contribution is 14.0. The number of nitrogens with one attached hydrogen (secondary N) is 2. The maximum Gasteiger partial charge on any atom is 0.191 e. The molecule has 7 heteroatoms. The highest BCUT2D eigenvalue weighted by Crippen LogP contribution is 2.14. The quantitative estimate of drug-likeness (QED) is 0.346. The lowest BCUT2D eigenvalue weighted by Gasteiger charge is -2.37. The van der Waals surface area contributed by atoms with Crippen molar-refractivity contribution in [2.24, 2.45) is 4.99 Å². The first-order valence-corrected chi connectivity index (χ1v) is 10.8. The second kappa shape index (κ2) is 12.7. The lowest BCUT2D eigenvalue weighted by Crippen LogP contribution is -2.53. The second-order valence-corrected chi connectivity index (χ2v) is 8.32. The Morgan fingerprint density at radius 3 is 2.34 bits per heavy atom. The number of nitrogens with zero attached hydrogens (tertiary/aromatic N) is 4. The van der Waals surface area contributed by atoms with Crippen LogP contribution in [0.15, 0.2) is 35.3 Å². The monoisotopic (exact) mass is 514 g/mol. The summed E-state index contributed by atoms with van der Waals surface area (Å²) in [5.41, 5.74) is 1.41. The highest BCUT2D eigenvalue weighted by Gasteiger charge is 2.22. The van der Waals surface area contributed by atoms with Crippen LogP contribution in [-0.4, -0.2) is 92.7 Å². The number of likely N-dealkylation sites (N-methyl/N-ethyl adjacent to an activating group) is 1. The van der Waals surface area contributed by atoms with Gasteiger partial charge in [-0.15, -0.1) is 24.0 Å². The molecule has 2 aliphatic heterocycles. The largest absolute Gasteiger partial charge is 0.355 e. The van der Waals surface area contributed by atoms with Crippen molar-refractivity contribution in [3.8, 4) is 0 Å². The van der Waals surface area contributed by atoms with Gasteiger partial charge in [0.1, 0.15) is 0 Å². The molecule has 0 radical (unpaired) electrons. The van der Waals surface area contributed by atoms with E-state index in [4.69, 9.17) is 0 Å². The normalized spacial score (nSPS) is 21.4. The van der Waals surface area contributed by atoms with Gasteiger partial charge in [0, 0.05) is 71.5 Å². The minimum absolute atomic E-state index is 0. The van der Waals surface area contributed by atoms with Crippen molar-refractivity contribution in [1.82, 2.24) is 25.3 Å². The first kappa shape index (κ1) is 24.4. The summed E-state index contributed by atoms with van der Waals surface area (Å²) in [7, 11) is 4.08. The van der Waals surface area contributed by atoms with Gasteiger partial charge in [-0.2, -0.15) is 0 Å². The van der Waals surface area contributed by atoms with Gasteiger partial charge in [0.15, 0.2) is 5.96 Å². The predicted octanol–water partition coefficient (Wildman–Crippen LogP) is 2.07. The number of piperazine rings is 1. The minimum atomic E-state index is 0. The Morgan fingerprint density at radius 1 is 1.07 bits per heavy atom. The third-order valence-electron chi connectivity index (χ3n) is 6.13. The van der Waals surface area contributed by atoms with Gasteiger partial charge in [-0.3, -0.25) is 14.8 Å². The van der Waals surface area contributed by atoms with Crippen LogP contribution in [0.3, 0.4) is 0 Å². The Labute approximate surface area is 194 Å². The topological polar surface area (TPSA) is 46.1 Å². The van der Waals surface area contributed by atoms with Crippen LogP contribution in [0.1, 0.15) is 25.3 Å². The van der Waals surface area contributed by atoms with E-state index in [0.717, 1.165) is 45.2 Å². The standard InChI is InChI=1S/C22H38N6.HI/c1-19(28-15-13-26(3)14-16-28)17-24-22(23-2)25-21-9-11-27(12-10-21)18-20-7-5-4-6-8-20;/h4-8,19,21H,9-18H2,1-3H3,(H2,23,24,25);1H. The molecule has 1 aromatic carbocycles. The van der Waals surface area contributed by atoms with Gasteiger partial charge >= 0.3 is 0 Å². The molecule has 2 saturated heterocycles. The van der Waals surface area contributed by atoms with Crippen LogP contribution in [0.2, 0.25) is 0 Å². The molecule has 0 spiro atoms. The van der Waals surface area contributed by atoms with E-state index in [9.17, 15) is 0 Å². The molecule has 2 aliphatic rings. The summed E-state index contributed by atoms with van der Waals surface area (Å²) in [5, 5.41) is 7.19. The van der Waals surface area contributed by atoms with Crippen LogP contribution in [-0.2, 0) is 6.54 Å². The predicted molar refractivity (Wildman–Crippen MR) is 133 cm³/mol. The summed E-state index contributed by atoms with van der Waals surface area (Å²) in [4.78, 5) is 12.0. The Balaban J connectivity index is 0.00000300. The van der Waals surface area contributed by atoms with E-state index in [-0.39, 0.29) is 24.0 Å². The number of rotatable bonds is 6. The molecule has 1 aromatic rings. The van der Waals surface area contributed by atoms with E-state index in [2.05, 4.69) is 74.6 Å². The first-order valence-electron chi connectivity index (χ1n) is 10.8. The Hall–Kier alpha value is -0.900. The van der Waals surface area contributed by atoms with Crippen molar-refractivity contribution in [2.45, 2.75) is 38.4 Å². The van der Waals surface area contributed by atoms with E-state index >= 15 is 0 Å². The maximum atomic E-state index is 4.45. The molecular weight excluding hydrogens is 475 g/mol. The third-order valence-corrected chi connectivity index (χ3v) is 6.13. The van der Waals surface area contributed by atoms with E-state index in [0.29, 0.717) is 12.1 Å². The van der Waals surface area contributed by atoms with Gasteiger partial charge in [0.05, 0.1) is 0 Å². The molecule has 1 unspecified atom stereocenters. The summed E-state index contributed by atoms with van der Waals surface area (Å²) in [6.45, 7) is 11.2. The fourth-order valence-electron chi connectivity index (χ4n) is 4.10. The molecule has 0 aromatic heterocycles. The lowest BCUT2D eigenvalue weighted by molar-refractivity contribution is 0.120. The summed E-state index contributed by atoms with van der Waals surface area (Å²) in [6.07, 6.45) is 2.34. The molecule has 3 rings (SSSR count). The van der Waals surface area contributed by atoms with Crippen molar-refractivity contribution < 1.29 is 0 Å². The van der Waals surface area contributed by atoms with Gasteiger partial charge in [0.2, 0.25) is 0 Å². The summed E-state index contributed by atoms with van der Waals surface area (Å²) in [5.74, 6) is 0.947. The van der Waals surface area contributed by atoms with Crippen LogP contribution in [0, 0.1) is 0 Å². The van der Waals surface area contributed by atoms with Crippen molar-refractivity contribution in [3.63, 3.8) is 0 Å². The van der Waals surface area contributed by atoms with Crippen LogP contribution < -0.4 is 10.6 Å². The highest BCUT2D eigenvalue weighted by atomic mass is 127. The molecule has 29 heavy (non-hydrogen) atoms. The molecular formula is C22H39IN6. The summed E-state index contributed by atoms with van der Waals surface area (Å²) >= 11 is 0. The minimum Gasteiger partial charge on any atom is -0.355 e. The lowest BCUT2D eigenvalue weighted by atomic mass is 10.0. The number of hydrogen-bond donors (Lipinski definition) is 2. The second-order valence-electron chi connectivity index (χ2n) is 8.32. The number of halogens is 1. The average Bonchev–Trinajstić information content (AvgIpc) is 2.73. The molecule has 2 N–H and O–H groups in total. The van der Waals surface area contributed by atoms with Crippen molar-refractivity contribution in [3.05, 3.63) is 35.9 Å². The SMILES string of the molecule is CN=C(NCC(C)N1CCN(C)CC1)NC1CCN(Cc2ccccc2)CC1.I. The van der Waals surface area contributed by atoms with Gasteiger partial charge in [0.25, 0.3) is 0 Å². The fourth-order valence-corrected chi connectivity index (χ4v) is 4.10. The van der Waals surface area contributed by atoms with Gasteiger partial charge in [-0.1, -0.05) is 30.3 Å². The first-order chi connectivity index (χ1) is 13.6. The maximum absolute atomic E-state index is 4.45. The fraction of sp³-hybridized carbons (Fsp3) is 0.682. The number of aliphatic imine (C=N–C) groups is 1. The summed E-state index contributed by atoms with van der Waals surface area (Å²) in [6, 6.07) is 11.8. The van der Waals surface area contributed by atoms with Gasteiger partial charge in [-0.05, 0) is 32.4 Å². The van der Waals surface area contributed by atoms with Crippen LogP contribution in [0.4, 0.5) is 0 Å². The van der Waals surface area contributed by atoms with E-state index in [1.165, 1.54) is 31.5 Å². The number of piperidine rings is 1. The molecule has 0 bridgehead atoms. The molecule has 2 heterocycles. The average molecular weight is 515 g/mol. The summed E-state index contributed by atoms with van der Waals surface area (Å²) < 4.78 is 0. The number of likely N-dealkylation sites (tertiary alicyclic amines) is 1. The van der Waals surface area contributed by atoms with Gasteiger partial charge < -0.3 is 15.5 Å². The zero-order valence-corrected chi connectivity index (χ0v) is 20.6. The van der Waals surface area contributed by atoms with E-state index in [1.807, 2.05) is 7.05 Å². The molecule has 0 saturated carbocycles. The van der Waals surface area contributed by atoms with E-state index < -0.39 is 0 Å². The zero-order chi connectivity index (χ0) is 19.8. The number of benzene rings is 1. The van der Waals surface area contributed by atoms with Crippen molar-refractivity contribution in [2.75, 3.05) is 59.9 Å². The molecule has 164 valence electrons. The number of hydrogen-bond acceptors (Lipinski definition) is 4. The van der Waals surface area contributed by atoms with Gasteiger partial charge in [-0.25, -0.2) is 0 Å². The smallest absolute Gasteiger partial charge is 0.191 e. The van der Waals surface area contributed by atoms with Crippen molar-refractivity contribution in [1.29, 1.82) is 0 Å². The Morgan fingerprint density at radius 2 is 1.72 bits per heavy atom. The van der Waals surface area contributed by atoms with E-state index in [1.54, 1.807) is 0 Å². The third kappa shape index (κ3) is 8.03. The van der Waals surface area contributed by atoms with Crippen molar-refractivity contribution >= 4 is 29.9 Å². The zero-order valence-electron chi connectivity index (χ0n) is 18.3. The molecule has 2 fully saturated rings. The Kier molecular flexibility index (Phi) is 10.7. The molecule has 0 aliphatic carbocycles. The number of guanidine groups is 1. The molecule has 6 nitrogen and oxygen atoms in total. The molecule has 0 amide bonds. The van der Waals surface area contributed by atoms with Crippen LogP contribution in [0.5, 0.6) is 0 Å². The van der Waals surface area contributed by atoms with Crippen LogP contribution >= 0.6 is 24.0 Å². The molecule has 1 atom stereocenters. The Bertz CT molecular complexity index is 595.